The summed E-state index contributed by atoms with van der Waals surface area (Å²) in [7, 11) is 0. The molecule has 2 aromatic rings. The Labute approximate surface area is 77.9 Å². The van der Waals surface area contributed by atoms with Gasteiger partial charge in [0.25, 0.3) is 0 Å². The first-order chi connectivity index (χ1) is 6.29. The number of rotatable bonds is 1. The van der Waals surface area contributed by atoms with Crippen LogP contribution < -0.4 is 0 Å². The second kappa shape index (κ2) is 3.05. The largest absolute Gasteiger partial charge is 0.294 e. The van der Waals surface area contributed by atoms with Crippen molar-refractivity contribution in [3.8, 4) is 5.69 Å². The van der Waals surface area contributed by atoms with Gasteiger partial charge in [-0.15, -0.1) is 0 Å². The van der Waals surface area contributed by atoms with E-state index in [0.29, 0.717) is 0 Å². The number of hydrogen-bond acceptors (Lipinski definition) is 1. The molecule has 65 valence electrons. The second-order valence-electron chi connectivity index (χ2n) is 3.05. The fourth-order valence-corrected chi connectivity index (χ4v) is 1.27. The van der Waals surface area contributed by atoms with Crippen LogP contribution >= 0.6 is 0 Å². The molecule has 0 atom stereocenters. The number of aryl methyl sites for hydroxylation is 1. The van der Waals surface area contributed by atoms with Crippen LogP contribution in [0.15, 0.2) is 30.3 Å². The number of nitrogens with zero attached hydrogens (tertiary/aromatic N) is 2. The number of imidazole rings is 1. The van der Waals surface area contributed by atoms with Gasteiger partial charge in [0.1, 0.15) is 0 Å². The maximum absolute atomic E-state index is 4.13. The van der Waals surface area contributed by atoms with Crippen LogP contribution in [0.25, 0.3) is 5.69 Å². The van der Waals surface area contributed by atoms with E-state index in [1.54, 1.807) is 0 Å². The average Bonchev–Trinajstić information content (AvgIpc) is 2.49. The molecule has 13 heavy (non-hydrogen) atoms. The predicted molar refractivity (Wildman–Crippen MR) is 51.9 cm³/mol. The Morgan fingerprint density at radius 1 is 1.15 bits per heavy atom. The number of para-hydroxylation sites is 1. The fourth-order valence-electron chi connectivity index (χ4n) is 1.27. The van der Waals surface area contributed by atoms with E-state index < -0.39 is 0 Å². The third kappa shape index (κ3) is 1.35. The summed E-state index contributed by atoms with van der Waals surface area (Å²) in [5.74, 6) is 0. The molecular formula is C11H11N2. The maximum Gasteiger partial charge on any atom is 0.181 e. The highest BCUT2D eigenvalue weighted by Crippen LogP contribution is 2.11. The van der Waals surface area contributed by atoms with E-state index in [1.165, 1.54) is 0 Å². The summed E-state index contributed by atoms with van der Waals surface area (Å²) in [4.78, 5) is 4.13. The van der Waals surface area contributed by atoms with Crippen molar-refractivity contribution in [2.45, 2.75) is 13.8 Å². The molecular weight excluding hydrogens is 160 g/mol. The van der Waals surface area contributed by atoms with Crippen molar-refractivity contribution in [3.63, 3.8) is 0 Å². The monoisotopic (exact) mass is 171 g/mol. The van der Waals surface area contributed by atoms with Crippen molar-refractivity contribution in [1.29, 1.82) is 0 Å². The Hall–Kier alpha value is -1.57. The first kappa shape index (κ1) is 8.05. The van der Waals surface area contributed by atoms with E-state index in [4.69, 9.17) is 0 Å². The smallest absolute Gasteiger partial charge is 0.181 e. The molecule has 1 radical (unpaired) electrons. The number of benzene rings is 1. The number of hydrogen-bond donors (Lipinski definition) is 0. The Balaban J connectivity index is 2.53. The lowest BCUT2D eigenvalue weighted by Gasteiger charge is -2.03. The first-order valence-corrected chi connectivity index (χ1v) is 4.28. The molecule has 0 aliphatic heterocycles. The molecule has 1 aromatic heterocycles. The fraction of sp³-hybridized carbons (Fsp3) is 0.182. The zero-order chi connectivity index (χ0) is 9.26. The number of aromatic nitrogens is 2. The Morgan fingerprint density at radius 3 is 2.38 bits per heavy atom. The van der Waals surface area contributed by atoms with Gasteiger partial charge in [-0.2, -0.15) is 0 Å². The van der Waals surface area contributed by atoms with E-state index in [-0.39, 0.29) is 0 Å². The zero-order valence-corrected chi connectivity index (χ0v) is 7.78. The third-order valence-corrected chi connectivity index (χ3v) is 2.19. The molecule has 0 aliphatic carbocycles. The van der Waals surface area contributed by atoms with E-state index in [1.807, 2.05) is 48.7 Å². The molecule has 0 spiro atoms. The minimum Gasteiger partial charge on any atom is -0.294 e. The van der Waals surface area contributed by atoms with E-state index in [0.717, 1.165) is 17.1 Å². The van der Waals surface area contributed by atoms with Gasteiger partial charge in [-0.05, 0) is 26.0 Å². The van der Waals surface area contributed by atoms with Gasteiger partial charge in [-0.25, -0.2) is 4.98 Å². The molecule has 0 fully saturated rings. The SMILES string of the molecule is Cc1n[c]n(-c2ccccc2)c1C. The van der Waals surface area contributed by atoms with Crippen LogP contribution in [0, 0.1) is 20.2 Å². The molecule has 2 nitrogen and oxygen atoms in total. The van der Waals surface area contributed by atoms with E-state index >= 15 is 0 Å². The van der Waals surface area contributed by atoms with Gasteiger partial charge in [0.05, 0.1) is 5.69 Å². The van der Waals surface area contributed by atoms with Crippen molar-refractivity contribution in [2.75, 3.05) is 0 Å². The Kier molecular flexibility index (Phi) is 1.89. The minimum absolute atomic E-state index is 1.03. The lowest BCUT2D eigenvalue weighted by atomic mass is 10.3. The lowest BCUT2D eigenvalue weighted by Crippen LogP contribution is -1.94. The Bertz CT molecular complexity index is 401. The lowest BCUT2D eigenvalue weighted by molar-refractivity contribution is 0.991. The molecule has 0 N–H and O–H groups in total. The summed E-state index contributed by atoms with van der Waals surface area (Å²) in [5.41, 5.74) is 3.29. The molecule has 0 saturated carbocycles. The molecule has 0 unspecified atom stereocenters. The molecule has 0 aliphatic rings. The average molecular weight is 171 g/mol. The van der Waals surface area contributed by atoms with Gasteiger partial charge in [-0.3, -0.25) is 4.57 Å². The van der Waals surface area contributed by atoms with Crippen LogP contribution in [0.4, 0.5) is 0 Å². The quantitative estimate of drug-likeness (QED) is 0.643. The summed E-state index contributed by atoms with van der Waals surface area (Å²) < 4.78 is 1.97. The van der Waals surface area contributed by atoms with E-state index in [2.05, 4.69) is 11.3 Å². The zero-order valence-electron chi connectivity index (χ0n) is 7.78. The van der Waals surface area contributed by atoms with Crippen molar-refractivity contribution in [1.82, 2.24) is 9.55 Å². The standard InChI is InChI=1S/C11H11N2/c1-9-10(2)13(8-12-9)11-6-4-3-5-7-11/h3-7H,1-2H3. The van der Waals surface area contributed by atoms with Crippen molar-refractivity contribution >= 4 is 0 Å². The van der Waals surface area contributed by atoms with Crippen molar-refractivity contribution < 1.29 is 0 Å². The van der Waals surface area contributed by atoms with Gasteiger partial charge in [0, 0.05) is 11.4 Å². The van der Waals surface area contributed by atoms with Gasteiger partial charge in [0.15, 0.2) is 6.33 Å². The normalized spacial score (nSPS) is 10.3. The molecule has 1 aromatic carbocycles. The molecule has 0 amide bonds. The third-order valence-electron chi connectivity index (χ3n) is 2.19. The van der Waals surface area contributed by atoms with Gasteiger partial charge < -0.3 is 0 Å². The Morgan fingerprint density at radius 2 is 1.85 bits per heavy atom. The summed E-state index contributed by atoms with van der Waals surface area (Å²) in [5, 5.41) is 0. The highest BCUT2D eigenvalue weighted by atomic mass is 15.1. The molecule has 0 bridgehead atoms. The summed E-state index contributed by atoms with van der Waals surface area (Å²) in [6.07, 6.45) is 2.96. The second-order valence-corrected chi connectivity index (χ2v) is 3.05. The van der Waals surface area contributed by atoms with E-state index in [9.17, 15) is 0 Å². The minimum atomic E-state index is 1.03. The van der Waals surface area contributed by atoms with Crippen LogP contribution in [-0.2, 0) is 0 Å². The summed E-state index contributed by atoms with van der Waals surface area (Å²) in [6, 6.07) is 10.1. The van der Waals surface area contributed by atoms with Crippen LogP contribution in [0.3, 0.4) is 0 Å². The molecule has 1 heterocycles. The summed E-state index contributed by atoms with van der Waals surface area (Å²) in [6.45, 7) is 4.04. The van der Waals surface area contributed by atoms with Crippen LogP contribution in [0.1, 0.15) is 11.4 Å². The summed E-state index contributed by atoms with van der Waals surface area (Å²) >= 11 is 0. The predicted octanol–water partition coefficient (Wildman–Crippen LogP) is 2.29. The highest BCUT2D eigenvalue weighted by Gasteiger charge is 2.03. The van der Waals surface area contributed by atoms with Gasteiger partial charge in [0.2, 0.25) is 0 Å². The van der Waals surface area contributed by atoms with Crippen LogP contribution in [0.5, 0.6) is 0 Å². The van der Waals surface area contributed by atoms with Gasteiger partial charge >= 0.3 is 0 Å². The molecule has 2 rings (SSSR count). The maximum atomic E-state index is 4.13. The molecule has 0 saturated heterocycles. The van der Waals surface area contributed by atoms with Gasteiger partial charge in [-0.1, -0.05) is 18.2 Å². The van der Waals surface area contributed by atoms with Crippen LogP contribution in [-0.4, -0.2) is 9.55 Å². The van der Waals surface area contributed by atoms with Crippen molar-refractivity contribution in [3.05, 3.63) is 48.0 Å². The topological polar surface area (TPSA) is 17.8 Å². The van der Waals surface area contributed by atoms with Crippen LogP contribution in [0.2, 0.25) is 0 Å². The highest BCUT2D eigenvalue weighted by molar-refractivity contribution is 5.34. The van der Waals surface area contributed by atoms with Crippen molar-refractivity contribution in [2.24, 2.45) is 0 Å². The first-order valence-electron chi connectivity index (χ1n) is 4.28. The molecule has 2 heteroatoms.